The van der Waals surface area contributed by atoms with Crippen LogP contribution in [0.4, 0.5) is 11.4 Å². The van der Waals surface area contributed by atoms with Gasteiger partial charge in [-0.1, -0.05) is 22.0 Å². The van der Waals surface area contributed by atoms with E-state index in [1.54, 1.807) is 0 Å². The molecule has 0 saturated heterocycles. The lowest BCUT2D eigenvalue weighted by Crippen LogP contribution is -1.95. The van der Waals surface area contributed by atoms with Gasteiger partial charge in [0.15, 0.2) is 0 Å². The summed E-state index contributed by atoms with van der Waals surface area (Å²) in [7, 11) is 0. The Kier molecular flexibility index (Phi) is 2.96. The lowest BCUT2D eigenvalue weighted by atomic mass is 10.1. The molecule has 0 aliphatic carbocycles. The summed E-state index contributed by atoms with van der Waals surface area (Å²) in [6, 6.07) is 5.81. The van der Waals surface area contributed by atoms with Gasteiger partial charge in [0.2, 0.25) is 0 Å². The summed E-state index contributed by atoms with van der Waals surface area (Å²) in [6.07, 6.45) is 0. The van der Waals surface area contributed by atoms with E-state index in [1.165, 1.54) is 0 Å². The smallest absolute Gasteiger partial charge is 0.0560 e. The van der Waals surface area contributed by atoms with Crippen molar-refractivity contribution in [3.05, 3.63) is 31.6 Å². The van der Waals surface area contributed by atoms with Crippen LogP contribution in [0.25, 0.3) is 10.8 Å². The summed E-state index contributed by atoms with van der Waals surface area (Å²) < 4.78 is 2.66. The van der Waals surface area contributed by atoms with Crippen molar-refractivity contribution in [1.82, 2.24) is 0 Å². The van der Waals surface area contributed by atoms with Gasteiger partial charge in [-0.2, -0.15) is 0 Å². The van der Waals surface area contributed by atoms with Crippen molar-refractivity contribution < 1.29 is 0 Å². The first-order valence-electron chi connectivity index (χ1n) is 4.13. The summed E-state index contributed by atoms with van der Waals surface area (Å²) >= 11 is 10.3. The third-order valence-electron chi connectivity index (χ3n) is 2.23. The van der Waals surface area contributed by atoms with Crippen LogP contribution in [0.15, 0.2) is 31.6 Å². The van der Waals surface area contributed by atoms with Gasteiger partial charge in [0.1, 0.15) is 0 Å². The van der Waals surface area contributed by atoms with Crippen molar-refractivity contribution in [3.8, 4) is 0 Å². The van der Waals surface area contributed by atoms with E-state index < -0.39 is 0 Å². The zero-order valence-corrected chi connectivity index (χ0v) is 12.3. The Bertz CT molecular complexity index is 544. The monoisotopic (exact) mass is 392 g/mol. The highest BCUT2D eigenvalue weighted by Crippen LogP contribution is 2.40. The Hall–Kier alpha value is -0.260. The SMILES string of the molecule is Nc1c(Br)ccc2c(Br)cc(Br)c(N)c12. The topological polar surface area (TPSA) is 52.0 Å². The number of hydrogen-bond donors (Lipinski definition) is 2. The standard InChI is InChI=1S/C10H7Br3N2/c11-5-2-1-4-6(12)3-7(13)10(15)8(4)9(5)14/h1-3H,14-15H2. The van der Waals surface area contributed by atoms with Crippen LogP contribution >= 0.6 is 47.8 Å². The molecule has 15 heavy (non-hydrogen) atoms. The second-order valence-electron chi connectivity index (χ2n) is 3.14. The fourth-order valence-electron chi connectivity index (χ4n) is 1.47. The molecule has 78 valence electrons. The number of nitrogen functional groups attached to an aromatic ring is 2. The molecule has 0 heterocycles. The fraction of sp³-hybridized carbons (Fsp3) is 0. The molecule has 2 nitrogen and oxygen atoms in total. The van der Waals surface area contributed by atoms with Gasteiger partial charge in [0.05, 0.1) is 11.4 Å². The molecule has 0 bridgehead atoms. The number of nitrogens with two attached hydrogens (primary N) is 2. The summed E-state index contributed by atoms with van der Waals surface area (Å²) in [5.41, 5.74) is 13.3. The molecule has 0 saturated carbocycles. The predicted molar refractivity (Wildman–Crippen MR) is 75.9 cm³/mol. The van der Waals surface area contributed by atoms with Crippen LogP contribution in [0.5, 0.6) is 0 Å². The molecule has 0 aliphatic rings. The van der Waals surface area contributed by atoms with E-state index in [2.05, 4.69) is 47.8 Å². The molecular formula is C10H7Br3N2. The molecule has 2 aromatic carbocycles. The first-order valence-corrected chi connectivity index (χ1v) is 6.51. The second kappa shape index (κ2) is 3.96. The van der Waals surface area contributed by atoms with E-state index in [9.17, 15) is 0 Å². The molecule has 0 fully saturated rings. The largest absolute Gasteiger partial charge is 0.397 e. The van der Waals surface area contributed by atoms with Crippen LogP contribution in [-0.4, -0.2) is 0 Å². The maximum absolute atomic E-state index is 5.99. The minimum absolute atomic E-state index is 0.659. The lowest BCUT2D eigenvalue weighted by molar-refractivity contribution is 1.62. The van der Waals surface area contributed by atoms with Gasteiger partial charge in [-0.05, 0) is 44.0 Å². The van der Waals surface area contributed by atoms with Crippen molar-refractivity contribution in [3.63, 3.8) is 0 Å². The highest BCUT2D eigenvalue weighted by Gasteiger charge is 2.11. The van der Waals surface area contributed by atoms with E-state index in [0.29, 0.717) is 11.4 Å². The van der Waals surface area contributed by atoms with Crippen molar-refractivity contribution in [2.75, 3.05) is 11.5 Å². The van der Waals surface area contributed by atoms with Gasteiger partial charge in [0, 0.05) is 24.2 Å². The highest BCUT2D eigenvalue weighted by molar-refractivity contribution is 9.11. The first-order chi connectivity index (χ1) is 7.02. The van der Waals surface area contributed by atoms with Crippen LogP contribution in [0.1, 0.15) is 0 Å². The van der Waals surface area contributed by atoms with Crippen LogP contribution in [0.3, 0.4) is 0 Å². The zero-order valence-electron chi connectivity index (χ0n) is 7.52. The Morgan fingerprint density at radius 3 is 2.07 bits per heavy atom. The average molecular weight is 395 g/mol. The van der Waals surface area contributed by atoms with Crippen molar-refractivity contribution >= 4 is 69.9 Å². The summed E-state index contributed by atoms with van der Waals surface area (Å²) in [4.78, 5) is 0. The van der Waals surface area contributed by atoms with Gasteiger partial charge in [-0.3, -0.25) is 0 Å². The normalized spacial score (nSPS) is 10.9. The number of halogens is 3. The molecule has 0 unspecified atom stereocenters. The molecule has 4 N–H and O–H groups in total. The molecule has 0 aliphatic heterocycles. The second-order valence-corrected chi connectivity index (χ2v) is 5.70. The minimum atomic E-state index is 0.659. The maximum Gasteiger partial charge on any atom is 0.0560 e. The fourth-order valence-corrected chi connectivity index (χ4v) is 3.09. The van der Waals surface area contributed by atoms with Crippen molar-refractivity contribution in [1.29, 1.82) is 0 Å². The van der Waals surface area contributed by atoms with E-state index in [1.807, 2.05) is 18.2 Å². The summed E-state index contributed by atoms with van der Waals surface area (Å²) in [6.45, 7) is 0. The Morgan fingerprint density at radius 1 is 0.800 bits per heavy atom. The molecular weight excluding hydrogens is 388 g/mol. The number of benzene rings is 2. The molecule has 5 heteroatoms. The van der Waals surface area contributed by atoms with E-state index >= 15 is 0 Å². The Morgan fingerprint density at radius 2 is 1.40 bits per heavy atom. The molecule has 0 aromatic heterocycles. The van der Waals surface area contributed by atoms with E-state index in [0.717, 1.165) is 24.2 Å². The molecule has 0 spiro atoms. The Balaban J connectivity index is 3.04. The highest BCUT2D eigenvalue weighted by atomic mass is 79.9. The van der Waals surface area contributed by atoms with Gasteiger partial charge < -0.3 is 11.5 Å². The number of fused-ring (bicyclic) bond motifs is 1. The van der Waals surface area contributed by atoms with Crippen molar-refractivity contribution in [2.24, 2.45) is 0 Å². The molecule has 0 radical (unpaired) electrons. The third-order valence-corrected chi connectivity index (χ3v) is 4.23. The van der Waals surface area contributed by atoms with Gasteiger partial charge in [0.25, 0.3) is 0 Å². The molecule has 2 aromatic rings. The predicted octanol–water partition coefficient (Wildman–Crippen LogP) is 4.29. The number of hydrogen-bond acceptors (Lipinski definition) is 2. The molecule has 2 rings (SSSR count). The number of anilines is 2. The van der Waals surface area contributed by atoms with Crippen molar-refractivity contribution in [2.45, 2.75) is 0 Å². The van der Waals surface area contributed by atoms with Crippen LogP contribution < -0.4 is 11.5 Å². The van der Waals surface area contributed by atoms with Crippen LogP contribution in [0.2, 0.25) is 0 Å². The molecule has 0 amide bonds. The van der Waals surface area contributed by atoms with E-state index in [-0.39, 0.29) is 0 Å². The minimum Gasteiger partial charge on any atom is -0.397 e. The van der Waals surface area contributed by atoms with Gasteiger partial charge in [-0.15, -0.1) is 0 Å². The van der Waals surface area contributed by atoms with Crippen LogP contribution in [-0.2, 0) is 0 Å². The average Bonchev–Trinajstić information content (AvgIpc) is 2.19. The van der Waals surface area contributed by atoms with Gasteiger partial charge >= 0.3 is 0 Å². The van der Waals surface area contributed by atoms with Crippen LogP contribution in [0, 0.1) is 0 Å². The third kappa shape index (κ3) is 1.77. The first kappa shape index (κ1) is 11.2. The zero-order chi connectivity index (χ0) is 11.2. The quantitative estimate of drug-likeness (QED) is 0.655. The maximum atomic E-state index is 5.99. The number of rotatable bonds is 0. The van der Waals surface area contributed by atoms with E-state index in [4.69, 9.17) is 11.5 Å². The summed E-state index contributed by atoms with van der Waals surface area (Å²) in [5, 5.41) is 1.88. The van der Waals surface area contributed by atoms with Gasteiger partial charge in [-0.25, -0.2) is 0 Å². The summed E-state index contributed by atoms with van der Waals surface area (Å²) in [5.74, 6) is 0. The Labute approximate surface area is 112 Å². The molecule has 0 atom stereocenters. The lowest BCUT2D eigenvalue weighted by Gasteiger charge is -2.10.